The molecule has 1 spiro atoms. The van der Waals surface area contributed by atoms with Crippen molar-refractivity contribution in [3.63, 3.8) is 0 Å². The zero-order valence-electron chi connectivity index (χ0n) is 22.3. The van der Waals surface area contributed by atoms with E-state index in [4.69, 9.17) is 11.6 Å². The maximum Gasteiger partial charge on any atom is 0.394 e. The third kappa shape index (κ3) is 3.92. The Labute approximate surface area is 235 Å². The minimum absolute atomic E-state index is 0.0860. The number of aryl methyl sites for hydroxylation is 1. The van der Waals surface area contributed by atoms with Gasteiger partial charge >= 0.3 is 6.18 Å². The van der Waals surface area contributed by atoms with Gasteiger partial charge in [0.25, 0.3) is 0 Å². The van der Waals surface area contributed by atoms with E-state index >= 15 is 0 Å². The number of hydrogen-bond donors (Lipinski definition) is 0. The Hall–Kier alpha value is -3.16. The van der Waals surface area contributed by atoms with Crippen LogP contribution in [0.15, 0.2) is 30.3 Å². The first-order valence-corrected chi connectivity index (χ1v) is 14.0. The fraction of sp³-hybridized carbons (Fsp3) is 0.517. The predicted molar refractivity (Wildman–Crippen MR) is 143 cm³/mol. The number of benzene rings is 1. The zero-order chi connectivity index (χ0) is 28.0. The second kappa shape index (κ2) is 8.67. The normalized spacial score (nSPS) is 25.7. The van der Waals surface area contributed by atoms with Crippen LogP contribution in [0.1, 0.15) is 67.0 Å². The van der Waals surface area contributed by atoms with Crippen molar-refractivity contribution < 1.29 is 13.2 Å². The van der Waals surface area contributed by atoms with Crippen molar-refractivity contribution in [3.8, 4) is 11.8 Å². The number of anilines is 1. The summed E-state index contributed by atoms with van der Waals surface area (Å²) in [5.41, 5.74) is 1.88. The summed E-state index contributed by atoms with van der Waals surface area (Å²) in [4.78, 5) is 8.98. The Morgan fingerprint density at radius 2 is 1.80 bits per heavy atom. The van der Waals surface area contributed by atoms with E-state index in [0.717, 1.165) is 60.3 Å². The van der Waals surface area contributed by atoms with Crippen LogP contribution >= 0.6 is 11.6 Å². The van der Waals surface area contributed by atoms with E-state index in [1.807, 2.05) is 37.3 Å². The van der Waals surface area contributed by atoms with Crippen LogP contribution in [0.2, 0.25) is 5.02 Å². The molecule has 2 saturated carbocycles. The van der Waals surface area contributed by atoms with Gasteiger partial charge in [0, 0.05) is 42.0 Å². The number of nitrogens with zero attached hydrogens (tertiary/aromatic N) is 7. The van der Waals surface area contributed by atoms with Gasteiger partial charge in [-0.05, 0) is 68.5 Å². The molecule has 208 valence electrons. The van der Waals surface area contributed by atoms with E-state index in [0.29, 0.717) is 23.7 Å². The summed E-state index contributed by atoms with van der Waals surface area (Å²) in [5, 5.41) is 19.0. The minimum atomic E-state index is -4.20. The fourth-order valence-electron chi connectivity index (χ4n) is 7.24. The number of fused-ring (bicyclic) bond motifs is 3. The fourth-order valence-corrected chi connectivity index (χ4v) is 7.43. The Kier molecular flexibility index (Phi) is 5.59. The molecule has 0 atom stereocenters. The summed E-state index contributed by atoms with van der Waals surface area (Å²) >= 11 is 6.37. The van der Waals surface area contributed by atoms with Gasteiger partial charge in [-0.1, -0.05) is 18.5 Å². The Morgan fingerprint density at radius 3 is 2.48 bits per heavy atom. The van der Waals surface area contributed by atoms with Crippen LogP contribution in [-0.2, 0) is 13.1 Å². The quantitative estimate of drug-likeness (QED) is 0.391. The molecule has 3 fully saturated rings. The SMILES string of the molecule is Cc1nc(N2CC3(CC(c4nnc5n4-c4ccc(Cl)cc4CN(C4CC(C)(C(F)(F)F)C4)C5)C3)C2)ccc1C#N. The molecule has 0 unspecified atom stereocenters. The van der Waals surface area contributed by atoms with E-state index < -0.39 is 11.6 Å². The summed E-state index contributed by atoms with van der Waals surface area (Å²) in [6.07, 6.45) is -2.03. The Bertz CT molecular complexity index is 1540. The highest BCUT2D eigenvalue weighted by Crippen LogP contribution is 2.57. The molecule has 1 saturated heterocycles. The van der Waals surface area contributed by atoms with E-state index in [1.54, 1.807) is 0 Å². The standard InChI is InChI=1S/C29H29ClF3N7/c1-17-18(12-34)3-6-24(35-17)39-15-28(16-39)8-20(9-28)26-37-36-25-14-38(22-10-27(2,11-22)29(31,32)33)13-19-7-21(30)4-5-23(19)40(25)26/h3-7,20,22H,8-11,13-16H2,1-2H3. The molecular formula is C29H29ClF3N7. The first-order chi connectivity index (χ1) is 19.0. The predicted octanol–water partition coefficient (Wildman–Crippen LogP) is 5.93. The van der Waals surface area contributed by atoms with Crippen molar-refractivity contribution in [3.05, 3.63) is 63.8 Å². The second-order valence-electron chi connectivity index (χ2n) is 12.5. The molecule has 40 heavy (non-hydrogen) atoms. The molecule has 1 aromatic carbocycles. The summed E-state index contributed by atoms with van der Waals surface area (Å²) < 4.78 is 42.8. The van der Waals surface area contributed by atoms with Crippen LogP contribution in [0, 0.1) is 29.1 Å². The van der Waals surface area contributed by atoms with Gasteiger partial charge in [-0.3, -0.25) is 9.47 Å². The van der Waals surface area contributed by atoms with Crippen LogP contribution in [0.25, 0.3) is 5.69 Å². The van der Waals surface area contributed by atoms with Crippen LogP contribution in [0.5, 0.6) is 0 Å². The maximum absolute atomic E-state index is 13.6. The molecule has 2 aliphatic heterocycles. The number of pyridine rings is 1. The van der Waals surface area contributed by atoms with Crippen molar-refractivity contribution in [1.82, 2.24) is 24.6 Å². The van der Waals surface area contributed by atoms with E-state index in [1.165, 1.54) is 6.92 Å². The van der Waals surface area contributed by atoms with Gasteiger partial charge in [-0.2, -0.15) is 18.4 Å². The molecule has 0 N–H and O–H groups in total. The number of halogens is 4. The highest BCUT2D eigenvalue weighted by molar-refractivity contribution is 6.30. The summed E-state index contributed by atoms with van der Waals surface area (Å²) in [6, 6.07) is 11.5. The molecule has 0 bridgehead atoms. The molecule has 4 heterocycles. The molecule has 7 nitrogen and oxygen atoms in total. The molecule has 3 aromatic rings. The Balaban J connectivity index is 1.10. The minimum Gasteiger partial charge on any atom is -0.355 e. The lowest BCUT2D eigenvalue weighted by Gasteiger charge is -2.59. The zero-order valence-corrected chi connectivity index (χ0v) is 23.1. The average Bonchev–Trinajstić information content (AvgIpc) is 3.15. The molecule has 7 rings (SSSR count). The first-order valence-electron chi connectivity index (χ1n) is 13.6. The lowest BCUT2D eigenvalue weighted by Crippen LogP contribution is -2.62. The van der Waals surface area contributed by atoms with Crippen LogP contribution in [0.4, 0.5) is 19.0 Å². The second-order valence-corrected chi connectivity index (χ2v) is 12.9. The highest BCUT2D eigenvalue weighted by Gasteiger charge is 2.60. The molecule has 4 aliphatic rings. The topological polar surface area (TPSA) is 73.9 Å². The summed E-state index contributed by atoms with van der Waals surface area (Å²) in [6.45, 7) is 6.00. The number of nitriles is 1. The molecule has 2 aliphatic carbocycles. The molecule has 11 heteroatoms. The van der Waals surface area contributed by atoms with Crippen molar-refractivity contribution in [2.45, 2.75) is 70.8 Å². The van der Waals surface area contributed by atoms with Gasteiger partial charge in [0.2, 0.25) is 0 Å². The van der Waals surface area contributed by atoms with Crippen molar-refractivity contribution >= 4 is 17.4 Å². The molecular weight excluding hydrogens is 539 g/mol. The van der Waals surface area contributed by atoms with Gasteiger partial charge in [-0.15, -0.1) is 10.2 Å². The highest BCUT2D eigenvalue weighted by atomic mass is 35.5. The number of rotatable bonds is 3. The van der Waals surface area contributed by atoms with Crippen molar-refractivity contribution in [2.75, 3.05) is 18.0 Å². The van der Waals surface area contributed by atoms with E-state index in [-0.39, 0.29) is 30.2 Å². The van der Waals surface area contributed by atoms with Crippen molar-refractivity contribution in [1.29, 1.82) is 5.26 Å². The van der Waals surface area contributed by atoms with Crippen LogP contribution < -0.4 is 4.90 Å². The maximum atomic E-state index is 13.6. The van der Waals surface area contributed by atoms with E-state index in [9.17, 15) is 18.4 Å². The van der Waals surface area contributed by atoms with Gasteiger partial charge in [0.05, 0.1) is 28.9 Å². The lowest BCUT2D eigenvalue weighted by molar-refractivity contribution is -0.258. The Morgan fingerprint density at radius 1 is 1.05 bits per heavy atom. The number of hydrogen-bond acceptors (Lipinski definition) is 6. The molecule has 2 aromatic heterocycles. The third-order valence-corrected chi connectivity index (χ3v) is 9.86. The summed E-state index contributed by atoms with van der Waals surface area (Å²) in [7, 11) is 0. The largest absolute Gasteiger partial charge is 0.394 e. The first kappa shape index (κ1) is 25.8. The van der Waals surface area contributed by atoms with Gasteiger partial charge in [0.1, 0.15) is 17.7 Å². The van der Waals surface area contributed by atoms with E-state index in [2.05, 4.69) is 35.6 Å². The average molecular weight is 568 g/mol. The van der Waals surface area contributed by atoms with Crippen molar-refractivity contribution in [2.24, 2.45) is 10.8 Å². The smallest absolute Gasteiger partial charge is 0.355 e. The third-order valence-electron chi connectivity index (χ3n) is 9.62. The van der Waals surface area contributed by atoms with Gasteiger partial charge < -0.3 is 4.90 Å². The van der Waals surface area contributed by atoms with Gasteiger partial charge in [-0.25, -0.2) is 4.98 Å². The number of aromatic nitrogens is 4. The molecule has 0 radical (unpaired) electrons. The monoisotopic (exact) mass is 567 g/mol. The summed E-state index contributed by atoms with van der Waals surface area (Å²) in [5.74, 6) is 2.85. The van der Waals surface area contributed by atoms with Crippen LogP contribution in [-0.4, -0.2) is 50.0 Å². The van der Waals surface area contributed by atoms with Crippen LogP contribution in [0.3, 0.4) is 0 Å². The number of alkyl halides is 3. The molecule has 0 amide bonds. The lowest BCUT2D eigenvalue weighted by atomic mass is 9.57. The van der Waals surface area contributed by atoms with Gasteiger partial charge in [0.15, 0.2) is 5.82 Å².